The molecule has 2 saturated carbocycles. The number of likely N-dealkylation sites (tertiary alicyclic amines) is 2. The Balaban J connectivity index is 0.000000368. The zero-order valence-corrected chi connectivity index (χ0v) is 91.4. The van der Waals surface area contributed by atoms with Gasteiger partial charge in [-0.2, -0.15) is 0 Å². The second-order valence-electron chi connectivity index (χ2n) is 22.2. The van der Waals surface area contributed by atoms with E-state index in [0.29, 0.717) is 61.8 Å². The van der Waals surface area contributed by atoms with E-state index in [1.165, 1.54) is 11.8 Å². The number of carbonyl (C=O) groups is 2. The molecule has 2 saturated heterocycles. The van der Waals surface area contributed by atoms with Crippen LogP contribution in [0.4, 0.5) is 0 Å². The van der Waals surface area contributed by atoms with Crippen molar-refractivity contribution in [2.75, 3.05) is 90.2 Å². The van der Waals surface area contributed by atoms with Gasteiger partial charge in [0.15, 0.2) is 48.4 Å². The summed E-state index contributed by atoms with van der Waals surface area (Å²) in [5.41, 5.74) is 2.26. The van der Waals surface area contributed by atoms with Gasteiger partial charge in [0, 0.05) is 43.7 Å². The maximum Gasteiger partial charge on any atom is 0.321 e. The summed E-state index contributed by atoms with van der Waals surface area (Å²) in [4.78, 5) is 28.9. The van der Waals surface area contributed by atoms with E-state index in [1.807, 2.05) is 43.3 Å². The number of ether oxygens (including phenoxy) is 8. The van der Waals surface area contributed by atoms with Gasteiger partial charge in [-0.05, 0) is 183 Å². The normalized spacial score (nSPS) is 21.5. The van der Waals surface area contributed by atoms with Crippen LogP contribution >= 0.6 is 262 Å². The Morgan fingerprint density at radius 2 is 0.929 bits per heavy atom. The van der Waals surface area contributed by atoms with Gasteiger partial charge in [0.1, 0.15) is 18.0 Å². The van der Waals surface area contributed by atoms with Crippen LogP contribution in [-0.4, -0.2) is 165 Å². The van der Waals surface area contributed by atoms with E-state index in [1.54, 1.807) is 28.4 Å². The lowest BCUT2D eigenvalue weighted by atomic mass is 9.91. The molecule has 4 fully saturated rings. The molecule has 0 aromatic heterocycles. The molecule has 99 heavy (non-hydrogen) atoms. The Morgan fingerprint density at radius 1 is 0.545 bits per heavy atom. The molecule has 0 spiro atoms. The van der Waals surface area contributed by atoms with Gasteiger partial charge in [-0.25, -0.2) is 16.8 Å². The minimum absolute atomic E-state index is 0.0419. The number of hydrogen-bond donors (Lipinski definition) is 0. The third-order valence-corrected chi connectivity index (χ3v) is 204. The van der Waals surface area contributed by atoms with Gasteiger partial charge in [0.25, 0.3) is 0 Å². The first-order valence-electron chi connectivity index (χ1n) is 30.7. The van der Waals surface area contributed by atoms with Gasteiger partial charge < -0.3 is 37.9 Å². The van der Waals surface area contributed by atoms with Gasteiger partial charge in [0.2, 0.25) is 0 Å². The fourth-order valence-electron chi connectivity index (χ4n) is 10.8. The van der Waals surface area contributed by atoms with Crippen molar-refractivity contribution in [1.82, 2.24) is 9.80 Å². The molecule has 0 amide bonds. The predicted octanol–water partition coefficient (Wildman–Crippen LogP) is 23.4. The van der Waals surface area contributed by atoms with Crippen LogP contribution in [0, 0.1) is 0 Å². The molecule has 2 aromatic rings. The van der Waals surface area contributed by atoms with Crippen molar-refractivity contribution < 1.29 is 64.3 Å². The van der Waals surface area contributed by atoms with Crippen molar-refractivity contribution in [1.29, 1.82) is 0 Å². The van der Waals surface area contributed by atoms with Gasteiger partial charge in [0.05, 0.1) is 58.9 Å². The third-order valence-electron chi connectivity index (χ3n) is 15.2. The molecule has 28 atom stereocenters. The number of methoxy groups -OCH3 is 4. The van der Waals surface area contributed by atoms with E-state index in [4.69, 9.17) is 37.9 Å². The fraction of sp³-hybridized carbons (Fsp3) is 0.673. The maximum atomic E-state index is 12.2. The van der Waals surface area contributed by atoms with Crippen LogP contribution in [0.3, 0.4) is 0 Å². The molecule has 0 radical (unpaired) electrons. The summed E-state index contributed by atoms with van der Waals surface area (Å²) in [5, 5.41) is 0.751. The van der Waals surface area contributed by atoms with Crippen LogP contribution in [0.5, 0.6) is 23.0 Å². The molecule has 16 nitrogen and oxygen atoms in total. The van der Waals surface area contributed by atoms with E-state index >= 15 is 0 Å². The summed E-state index contributed by atoms with van der Waals surface area (Å²) in [6.45, 7) is 10.9. The van der Waals surface area contributed by atoms with E-state index in [2.05, 4.69) is 168 Å². The maximum absolute atomic E-state index is 12.2. The highest BCUT2D eigenvalue weighted by Gasteiger charge is 2.40. The van der Waals surface area contributed by atoms with Crippen LogP contribution in [0.2, 0.25) is 0 Å². The van der Waals surface area contributed by atoms with Gasteiger partial charge in [-0.3, -0.25) is 19.4 Å². The quantitative estimate of drug-likeness (QED) is 0.0463. The fourth-order valence-corrected chi connectivity index (χ4v) is 334. The summed E-state index contributed by atoms with van der Waals surface area (Å²) < 4.78 is 92.2. The number of thioether (sulfide) groups is 1. The number of sulfone groups is 2. The smallest absolute Gasteiger partial charge is 0.321 e. The van der Waals surface area contributed by atoms with Crippen LogP contribution in [0.15, 0.2) is 48.4 Å². The molecule has 572 valence electrons. The molecule has 6 rings (SSSR count). The SMILES string of the molecule is C=CS(=O)(=O)CC(=O)O[C@@H]1CCN([C@@H]2CCCC[C@H]2OCCc2ccc(OC)c(OC)c2)C1.CCSCS(=O)(=O)CC(=O)O[C@@H]1CCN([C@@H]2CCCC[C@H]2OCCc2ccc(OC)c(OC)c2)C1.PP(P)P(P)P(P(P)P)P(P(P)P)P(P)P.PPP(P)P(P(P)P)P(P(P)P)P(P)P. The minimum atomic E-state index is -3.60. The number of hydrogen-bond acceptors (Lipinski definition) is 17. The lowest BCUT2D eigenvalue weighted by molar-refractivity contribution is -0.146. The Labute approximate surface area is 654 Å². The zero-order chi connectivity index (χ0) is 74.3. The van der Waals surface area contributed by atoms with Crippen LogP contribution in [0.25, 0.3) is 0 Å². The number of benzene rings is 2. The van der Waals surface area contributed by atoms with E-state index in [9.17, 15) is 26.4 Å². The lowest BCUT2D eigenvalue weighted by Crippen LogP contribution is -2.46. The first kappa shape index (κ1) is 103. The van der Waals surface area contributed by atoms with E-state index < -0.39 is 43.1 Å². The summed E-state index contributed by atoms with van der Waals surface area (Å²) in [6, 6.07) is 12.4. The van der Waals surface area contributed by atoms with Crippen molar-refractivity contribution in [2.24, 2.45) is 0 Å². The zero-order valence-electron chi connectivity index (χ0n) is 56.7. The topological polar surface area (TPSA) is 183 Å². The highest BCUT2D eigenvalue weighted by Crippen LogP contribution is 3.25. The molecule has 4 aliphatic rings. The summed E-state index contributed by atoms with van der Waals surface area (Å²) in [6.07, 6.45) is 11.5. The Hall–Kier alpha value is 9.74. The van der Waals surface area contributed by atoms with Crippen molar-refractivity contribution in [2.45, 2.75) is 120 Å². The van der Waals surface area contributed by atoms with Crippen molar-refractivity contribution in [3.05, 3.63) is 59.5 Å². The largest absolute Gasteiger partial charge is 0.493 e. The molecular weight excluding hydrogens is 1900 g/mol. The number of esters is 2. The van der Waals surface area contributed by atoms with Crippen LogP contribution in [-0.2, 0) is 61.1 Å². The highest BCUT2D eigenvalue weighted by atomic mass is 33.4. The minimum Gasteiger partial charge on any atom is -0.493 e. The van der Waals surface area contributed by atoms with Crippen molar-refractivity contribution in [3.8, 4) is 23.0 Å². The molecule has 2 aliphatic heterocycles. The average Bonchev–Trinajstić information content (AvgIpc) is 1.83. The Bertz CT molecular complexity index is 2910. The van der Waals surface area contributed by atoms with Crippen molar-refractivity contribution in [3.63, 3.8) is 0 Å². The molecule has 50 heteroatoms. The Kier molecular flexibility index (Phi) is 58.5. The standard InChI is InChI=1S/C25H39NO7S2.C24H35NO7S.H18P16.H17P15/c1-4-34-18-35(28,29)17-25(27)33-20-11-13-26(16-20)21-7-5-6-8-22(21)32-14-12-19-9-10-23(30-2)24(15-19)31-3;1-4-33(27,28)17-24(26)32-19-11-13-25(16-19)20-7-5-6-8-21(20)31-14-12-18-9-10-22(29-2)23(15-18)30-3;1-10(2)14(9)16(13(7)8)15(11(3)4)12(5)6;1-9-13(8)15(12(6)7)14(10(2)3)11(4)5/h9-10,15,20-22H,4-8,11-14,16-18H2,1-3H3;4,9-10,15,19-21H,1,5-8,11-14,16-17H2,2-3H3;1-9H2;9H,1-8H2/t20-,21-,22-;19-,20-,21-;;/m11../s1. The first-order valence-corrected chi connectivity index (χ1v) is 90.1. The summed E-state index contributed by atoms with van der Waals surface area (Å²) in [7, 11) is 52.9. The molecule has 0 bridgehead atoms. The highest BCUT2D eigenvalue weighted by molar-refractivity contribution is 9.31. The first-order chi connectivity index (χ1) is 46.7. The molecular formula is C49H109N2O14P31S3. The van der Waals surface area contributed by atoms with Crippen molar-refractivity contribution >= 4 is 294 Å². The van der Waals surface area contributed by atoms with Gasteiger partial charge >= 0.3 is 11.9 Å². The number of nitrogens with zero attached hydrogens (tertiary/aromatic N) is 2. The molecule has 0 N–H and O–H groups in total. The lowest BCUT2D eigenvalue weighted by Gasteiger charge is -2.40. The van der Waals surface area contributed by atoms with Gasteiger partial charge in [-0.15, -0.1) is 164 Å². The third kappa shape index (κ3) is 39.0. The van der Waals surface area contributed by atoms with E-state index in [0.717, 1.165) is 114 Å². The number of rotatable bonds is 36. The van der Waals surface area contributed by atoms with Gasteiger partial charge in [-0.1, -0.05) is 59.3 Å². The van der Waals surface area contributed by atoms with E-state index in [-0.39, 0.29) is 126 Å². The Morgan fingerprint density at radius 3 is 1.28 bits per heavy atom. The monoisotopic (exact) mass is 2010 g/mol. The summed E-state index contributed by atoms with van der Waals surface area (Å²) in [5.74, 6) is 1.00. The van der Waals surface area contributed by atoms with Crippen LogP contribution in [0.1, 0.15) is 82.3 Å². The molecule has 22 unspecified atom stereocenters. The molecule has 2 heterocycles. The molecule has 2 aliphatic carbocycles. The van der Waals surface area contributed by atoms with Crippen LogP contribution < -0.4 is 18.9 Å². The summed E-state index contributed by atoms with van der Waals surface area (Å²) >= 11 is 1.30. The second kappa shape index (κ2) is 56.2. The second-order valence-corrected chi connectivity index (χ2v) is 146. The molecule has 2 aromatic carbocycles. The number of carbonyl (C=O) groups excluding carboxylic acids is 2. The predicted molar refractivity (Wildman–Crippen MR) is 527 cm³/mol. The average molecular weight is 2010 g/mol.